The molecule has 0 bridgehead atoms. The summed E-state index contributed by atoms with van der Waals surface area (Å²) in [6, 6.07) is 17.4. The number of amides is 1. The number of nitrogens with zero attached hydrogens (tertiary/aromatic N) is 1. The summed E-state index contributed by atoms with van der Waals surface area (Å²) in [5.41, 5.74) is 4.63. The van der Waals surface area contributed by atoms with Gasteiger partial charge in [-0.1, -0.05) is 42.0 Å². The number of aromatic nitrogens is 1. The first-order valence-electron chi connectivity index (χ1n) is 10.2. The molecular formula is C25H26N2O2. The van der Waals surface area contributed by atoms with Crippen molar-refractivity contribution in [2.75, 3.05) is 13.7 Å². The quantitative estimate of drug-likeness (QED) is 0.567. The van der Waals surface area contributed by atoms with E-state index in [-0.39, 0.29) is 5.91 Å². The fraction of sp³-hybridized carbons (Fsp3) is 0.280. The van der Waals surface area contributed by atoms with Crippen LogP contribution in [-0.4, -0.2) is 24.5 Å². The number of rotatable bonds is 6. The van der Waals surface area contributed by atoms with E-state index in [1.165, 1.54) is 24.8 Å². The molecule has 29 heavy (non-hydrogen) atoms. The molecule has 3 aromatic rings. The molecule has 1 heterocycles. The van der Waals surface area contributed by atoms with E-state index in [0.717, 1.165) is 40.8 Å². The highest BCUT2D eigenvalue weighted by Crippen LogP contribution is 2.27. The van der Waals surface area contributed by atoms with Crippen molar-refractivity contribution < 1.29 is 9.53 Å². The predicted octanol–water partition coefficient (Wildman–Crippen LogP) is 5.53. The molecule has 1 N–H and O–H groups in total. The Labute approximate surface area is 171 Å². The molecule has 0 atom stereocenters. The summed E-state index contributed by atoms with van der Waals surface area (Å²) in [6.07, 6.45) is 8.14. The van der Waals surface area contributed by atoms with Crippen molar-refractivity contribution in [2.24, 2.45) is 0 Å². The van der Waals surface area contributed by atoms with Crippen LogP contribution < -0.4 is 10.1 Å². The minimum atomic E-state index is -0.0517. The first-order valence-corrected chi connectivity index (χ1v) is 10.2. The Morgan fingerprint density at radius 2 is 2.00 bits per heavy atom. The molecule has 1 aliphatic rings. The van der Waals surface area contributed by atoms with Gasteiger partial charge in [-0.15, -0.1) is 0 Å². The molecule has 4 nitrogen and oxygen atoms in total. The summed E-state index contributed by atoms with van der Waals surface area (Å²) in [5.74, 6) is 0.716. The highest BCUT2D eigenvalue weighted by atomic mass is 16.5. The summed E-state index contributed by atoms with van der Waals surface area (Å²) in [4.78, 5) is 17.8. The summed E-state index contributed by atoms with van der Waals surface area (Å²) in [6.45, 7) is 0.663. The van der Waals surface area contributed by atoms with Gasteiger partial charge in [-0.05, 0) is 56.4 Å². The number of para-hydroxylation sites is 1. The number of carbonyl (C=O) groups excluding carboxylic acids is 1. The van der Waals surface area contributed by atoms with Crippen LogP contribution in [0.3, 0.4) is 0 Å². The topological polar surface area (TPSA) is 51.2 Å². The van der Waals surface area contributed by atoms with Gasteiger partial charge in [0.15, 0.2) is 0 Å². The van der Waals surface area contributed by atoms with Crippen LogP contribution in [0.15, 0.2) is 66.2 Å². The number of fused-ring (bicyclic) bond motifs is 1. The molecule has 1 amide bonds. The molecule has 1 aliphatic carbocycles. The molecule has 1 aromatic heterocycles. The third kappa shape index (κ3) is 4.48. The number of pyridine rings is 1. The van der Waals surface area contributed by atoms with Gasteiger partial charge in [-0.2, -0.15) is 0 Å². The van der Waals surface area contributed by atoms with Crippen molar-refractivity contribution in [1.82, 2.24) is 10.3 Å². The minimum Gasteiger partial charge on any atom is -0.497 e. The molecule has 0 aliphatic heterocycles. The van der Waals surface area contributed by atoms with Crippen LogP contribution in [0.5, 0.6) is 5.75 Å². The van der Waals surface area contributed by atoms with Crippen molar-refractivity contribution in [3.8, 4) is 17.0 Å². The van der Waals surface area contributed by atoms with Gasteiger partial charge in [0, 0.05) is 17.5 Å². The van der Waals surface area contributed by atoms with Crippen LogP contribution in [0, 0.1) is 0 Å². The predicted molar refractivity (Wildman–Crippen MR) is 117 cm³/mol. The SMILES string of the molecule is COc1cccc(-c2cc(C(=O)NCCC3=CCCCC3)c3ccccc3n2)c1. The molecule has 0 radical (unpaired) electrons. The Morgan fingerprint density at radius 1 is 1.10 bits per heavy atom. The van der Waals surface area contributed by atoms with Crippen molar-refractivity contribution in [1.29, 1.82) is 0 Å². The first-order chi connectivity index (χ1) is 14.2. The molecule has 148 valence electrons. The third-order valence-electron chi connectivity index (χ3n) is 5.44. The molecule has 0 fully saturated rings. The monoisotopic (exact) mass is 386 g/mol. The Kier molecular flexibility index (Phi) is 5.89. The van der Waals surface area contributed by atoms with E-state index in [1.54, 1.807) is 7.11 Å². The zero-order valence-electron chi connectivity index (χ0n) is 16.8. The molecule has 4 rings (SSSR count). The highest BCUT2D eigenvalue weighted by Gasteiger charge is 2.14. The number of nitrogens with one attached hydrogen (secondary N) is 1. The van der Waals surface area contributed by atoms with Crippen molar-refractivity contribution in [3.63, 3.8) is 0 Å². The Balaban J connectivity index is 1.61. The van der Waals surface area contributed by atoms with Crippen LogP contribution >= 0.6 is 0 Å². The van der Waals surface area contributed by atoms with Gasteiger partial charge in [0.25, 0.3) is 5.91 Å². The van der Waals surface area contributed by atoms with Gasteiger partial charge < -0.3 is 10.1 Å². The summed E-state index contributed by atoms with van der Waals surface area (Å²) in [5, 5.41) is 3.98. The molecule has 0 unspecified atom stereocenters. The van der Waals surface area contributed by atoms with Crippen LogP contribution in [0.2, 0.25) is 0 Å². The summed E-state index contributed by atoms with van der Waals surface area (Å²) in [7, 11) is 1.65. The fourth-order valence-corrected chi connectivity index (χ4v) is 3.86. The van der Waals surface area contributed by atoms with Gasteiger partial charge >= 0.3 is 0 Å². The van der Waals surface area contributed by atoms with Gasteiger partial charge in [-0.3, -0.25) is 4.79 Å². The maximum atomic E-state index is 13.0. The number of carbonyl (C=O) groups is 1. The van der Waals surface area contributed by atoms with E-state index in [2.05, 4.69) is 11.4 Å². The van der Waals surface area contributed by atoms with Gasteiger partial charge in [-0.25, -0.2) is 4.98 Å². The van der Waals surface area contributed by atoms with Crippen LogP contribution in [0.25, 0.3) is 22.2 Å². The molecule has 0 spiro atoms. The van der Waals surface area contributed by atoms with E-state index in [1.807, 2.05) is 54.6 Å². The molecule has 0 saturated heterocycles. The van der Waals surface area contributed by atoms with E-state index in [9.17, 15) is 4.79 Å². The molecule has 4 heteroatoms. The van der Waals surface area contributed by atoms with Crippen LogP contribution in [0.1, 0.15) is 42.5 Å². The molecule has 2 aromatic carbocycles. The lowest BCUT2D eigenvalue weighted by Crippen LogP contribution is -2.25. The van der Waals surface area contributed by atoms with Crippen LogP contribution in [0.4, 0.5) is 0 Å². The standard InChI is InChI=1S/C25H26N2O2/c1-29-20-11-7-10-19(16-20)24-17-22(21-12-5-6-13-23(21)27-24)25(28)26-15-14-18-8-3-2-4-9-18/h5-8,10-13,16-17H,2-4,9,14-15H2,1H3,(H,26,28). The first kappa shape index (κ1) is 19.2. The Hall–Kier alpha value is -3.14. The average Bonchev–Trinajstić information content (AvgIpc) is 2.79. The molecular weight excluding hydrogens is 360 g/mol. The number of hydrogen-bond acceptors (Lipinski definition) is 3. The smallest absolute Gasteiger partial charge is 0.252 e. The number of methoxy groups -OCH3 is 1. The van der Waals surface area contributed by atoms with Crippen molar-refractivity contribution >= 4 is 16.8 Å². The zero-order valence-corrected chi connectivity index (χ0v) is 16.8. The highest BCUT2D eigenvalue weighted by molar-refractivity contribution is 6.07. The van der Waals surface area contributed by atoms with Gasteiger partial charge in [0.05, 0.1) is 23.9 Å². The number of hydrogen-bond donors (Lipinski definition) is 1. The van der Waals surface area contributed by atoms with E-state index in [0.29, 0.717) is 12.1 Å². The second-order valence-electron chi connectivity index (χ2n) is 7.42. The van der Waals surface area contributed by atoms with Gasteiger partial charge in [0.2, 0.25) is 0 Å². The lowest BCUT2D eigenvalue weighted by Gasteiger charge is -2.14. The summed E-state index contributed by atoms with van der Waals surface area (Å²) < 4.78 is 5.34. The lowest BCUT2D eigenvalue weighted by molar-refractivity contribution is 0.0955. The maximum absolute atomic E-state index is 13.0. The number of benzene rings is 2. The van der Waals surface area contributed by atoms with E-state index < -0.39 is 0 Å². The Bertz CT molecular complexity index is 1060. The fourth-order valence-electron chi connectivity index (χ4n) is 3.86. The van der Waals surface area contributed by atoms with Crippen molar-refractivity contribution in [3.05, 3.63) is 71.8 Å². The second-order valence-corrected chi connectivity index (χ2v) is 7.42. The largest absolute Gasteiger partial charge is 0.497 e. The van der Waals surface area contributed by atoms with E-state index >= 15 is 0 Å². The van der Waals surface area contributed by atoms with Crippen LogP contribution in [-0.2, 0) is 0 Å². The van der Waals surface area contributed by atoms with E-state index in [4.69, 9.17) is 9.72 Å². The van der Waals surface area contributed by atoms with Crippen molar-refractivity contribution in [2.45, 2.75) is 32.1 Å². The second kappa shape index (κ2) is 8.91. The minimum absolute atomic E-state index is 0.0517. The Morgan fingerprint density at radius 3 is 2.83 bits per heavy atom. The summed E-state index contributed by atoms with van der Waals surface area (Å²) >= 11 is 0. The number of allylic oxidation sites excluding steroid dienone is 1. The lowest BCUT2D eigenvalue weighted by atomic mass is 9.97. The van der Waals surface area contributed by atoms with Gasteiger partial charge in [0.1, 0.15) is 5.75 Å². The molecule has 0 saturated carbocycles. The number of ether oxygens (including phenoxy) is 1. The normalized spacial score (nSPS) is 13.8. The zero-order chi connectivity index (χ0) is 20.1. The average molecular weight is 386 g/mol. The third-order valence-corrected chi connectivity index (χ3v) is 5.44. The maximum Gasteiger partial charge on any atom is 0.252 e.